The van der Waals surface area contributed by atoms with E-state index in [0.717, 1.165) is 32.3 Å². The maximum absolute atomic E-state index is 7.27. The average molecular weight is 667 g/mol. The van der Waals surface area contributed by atoms with Crippen LogP contribution in [0, 0.1) is 27.7 Å². The molecule has 0 spiro atoms. The minimum atomic E-state index is -1.99. The Morgan fingerprint density at radius 2 is 1.02 bits per heavy atom. The highest BCUT2D eigenvalue weighted by Crippen LogP contribution is 2.43. The molecular weight excluding hydrogens is 610 g/mol. The molecule has 244 valence electrons. The monoisotopic (exact) mass is 666 g/mol. The molecule has 1 nitrogen and oxygen atoms in total. The topological polar surface area (TPSA) is 9.23 Å². The molecule has 0 aromatic heterocycles. The van der Waals surface area contributed by atoms with E-state index in [1.807, 2.05) is 0 Å². The third-order valence-corrected chi connectivity index (χ3v) is 18.8. The van der Waals surface area contributed by atoms with Crippen LogP contribution in [0.1, 0.15) is 91.6 Å². The Morgan fingerprint density at radius 1 is 0.543 bits per heavy atom. The molecule has 2 atom stereocenters. The van der Waals surface area contributed by atoms with Gasteiger partial charge in [-0.15, -0.1) is 0 Å². The summed E-state index contributed by atoms with van der Waals surface area (Å²) in [4.78, 5) is 0. The van der Waals surface area contributed by atoms with Crippen molar-refractivity contribution in [2.75, 3.05) is 0 Å². The van der Waals surface area contributed by atoms with Crippen molar-refractivity contribution in [3.8, 4) is 0 Å². The smallest absolute Gasteiger partial charge is 0.200 e. The van der Waals surface area contributed by atoms with Crippen molar-refractivity contribution in [3.05, 3.63) is 117 Å². The van der Waals surface area contributed by atoms with Crippen LogP contribution in [0.4, 0.5) is 0 Å². The molecule has 0 aliphatic heterocycles. The SMILES string of the molecule is Cc1cc(C)cc(Pc2cc3c(CO[Si](C(C)C)(C(C)C)C(C)C)cc2CCc2ccc(c(Pc4cc(C)cc(C)c4)c2)CC3)c1. The van der Waals surface area contributed by atoms with E-state index < -0.39 is 8.32 Å². The molecule has 0 saturated carbocycles. The van der Waals surface area contributed by atoms with E-state index in [-0.39, 0.29) is 0 Å². The van der Waals surface area contributed by atoms with Crippen molar-refractivity contribution >= 4 is 46.7 Å². The lowest BCUT2D eigenvalue weighted by Crippen LogP contribution is -2.47. The zero-order valence-electron chi connectivity index (χ0n) is 30.0. The quantitative estimate of drug-likeness (QED) is 0.121. The van der Waals surface area contributed by atoms with Gasteiger partial charge in [0.25, 0.3) is 0 Å². The summed E-state index contributed by atoms with van der Waals surface area (Å²) in [5.41, 5.74) is 14.6. The molecule has 2 unspecified atom stereocenters. The Kier molecular flexibility index (Phi) is 11.5. The van der Waals surface area contributed by atoms with Crippen LogP contribution in [0.5, 0.6) is 0 Å². The second-order valence-corrected chi connectivity index (χ2v) is 23.1. The minimum absolute atomic E-state index is 0.582. The van der Waals surface area contributed by atoms with E-state index in [1.54, 1.807) is 0 Å². The minimum Gasteiger partial charge on any atom is -0.412 e. The standard InChI is InChI=1S/C42H56OP2Si/c1-27(2)46(28(3)4,29(5)6)43-26-38-24-37-14-12-34-11-13-35(41(23-34)44-39-19-30(7)17-31(8)20-39)15-16-36(38)25-42(37)45-40-21-32(9)18-33(10)22-40/h11,13,17-25,27-29,44-45H,12,14-16,26H2,1-10H3. The van der Waals surface area contributed by atoms with Crippen LogP contribution in [0.25, 0.3) is 0 Å². The van der Waals surface area contributed by atoms with Gasteiger partial charge in [-0.2, -0.15) is 0 Å². The fourth-order valence-electron chi connectivity index (χ4n) is 8.20. The lowest BCUT2D eigenvalue weighted by atomic mass is 9.93. The van der Waals surface area contributed by atoms with Gasteiger partial charge < -0.3 is 4.43 Å². The van der Waals surface area contributed by atoms with Crippen LogP contribution >= 0.6 is 17.2 Å². The first kappa shape index (κ1) is 35.2. The van der Waals surface area contributed by atoms with Crippen molar-refractivity contribution in [1.82, 2.24) is 0 Å². The van der Waals surface area contributed by atoms with Gasteiger partial charge in [0.1, 0.15) is 0 Å². The molecule has 0 saturated heterocycles. The Morgan fingerprint density at radius 3 is 1.54 bits per heavy atom. The van der Waals surface area contributed by atoms with Crippen LogP contribution in [-0.2, 0) is 36.7 Å². The highest BCUT2D eigenvalue weighted by molar-refractivity contribution is 7.56. The Balaban J connectivity index is 1.55. The summed E-state index contributed by atoms with van der Waals surface area (Å²) in [7, 11) is -0.625. The molecule has 0 heterocycles. The zero-order chi connectivity index (χ0) is 33.2. The summed E-state index contributed by atoms with van der Waals surface area (Å²) in [6.45, 7) is 24.1. The fourth-order valence-corrected chi connectivity index (χ4v) is 16.7. The van der Waals surface area contributed by atoms with Crippen molar-refractivity contribution in [1.29, 1.82) is 0 Å². The third-order valence-electron chi connectivity index (χ3n) is 10.1. The first-order valence-electron chi connectivity index (χ1n) is 17.4. The van der Waals surface area contributed by atoms with Gasteiger partial charge in [0, 0.05) is 0 Å². The lowest BCUT2D eigenvalue weighted by molar-refractivity contribution is 0.265. The maximum Gasteiger partial charge on any atom is 0.200 e. The fraction of sp³-hybridized carbons (Fsp3) is 0.429. The van der Waals surface area contributed by atoms with Crippen LogP contribution in [0.2, 0.25) is 16.6 Å². The number of aryl methyl sites for hydroxylation is 8. The second kappa shape index (κ2) is 15.0. The number of rotatable bonds is 10. The summed E-state index contributed by atoms with van der Waals surface area (Å²) in [6, 6.07) is 26.7. The highest BCUT2D eigenvalue weighted by Gasteiger charge is 2.45. The van der Waals surface area contributed by atoms with Gasteiger partial charge in [0.2, 0.25) is 8.32 Å². The van der Waals surface area contributed by atoms with Crippen LogP contribution in [0.15, 0.2) is 66.7 Å². The maximum atomic E-state index is 7.27. The Bertz CT molecular complexity index is 1620. The van der Waals surface area contributed by atoms with E-state index in [2.05, 4.69) is 136 Å². The molecule has 4 aliphatic rings. The Hall–Kier alpha value is -2.08. The predicted octanol–water partition coefficient (Wildman–Crippen LogP) is 9.75. The van der Waals surface area contributed by atoms with Gasteiger partial charge in [-0.3, -0.25) is 0 Å². The largest absolute Gasteiger partial charge is 0.412 e. The molecular formula is C42H56OP2Si. The van der Waals surface area contributed by atoms with Gasteiger partial charge >= 0.3 is 0 Å². The number of hydrogen-bond acceptors (Lipinski definition) is 1. The van der Waals surface area contributed by atoms with Gasteiger partial charge in [-0.25, -0.2) is 0 Å². The van der Waals surface area contributed by atoms with Crippen LogP contribution in [0.3, 0.4) is 0 Å². The zero-order valence-corrected chi connectivity index (χ0v) is 33.0. The summed E-state index contributed by atoms with van der Waals surface area (Å²) in [5.74, 6) is 0. The molecule has 46 heavy (non-hydrogen) atoms. The molecule has 4 bridgehead atoms. The van der Waals surface area contributed by atoms with E-state index in [9.17, 15) is 0 Å². The van der Waals surface area contributed by atoms with E-state index in [1.165, 1.54) is 71.3 Å². The third kappa shape index (κ3) is 8.13. The van der Waals surface area contributed by atoms with Gasteiger partial charge in [0.15, 0.2) is 0 Å². The lowest BCUT2D eigenvalue weighted by Gasteiger charge is -2.42. The molecule has 4 aliphatic carbocycles. The van der Waals surface area contributed by atoms with Crippen LogP contribution < -0.4 is 21.2 Å². The van der Waals surface area contributed by atoms with E-state index in [4.69, 9.17) is 4.43 Å². The normalized spacial score (nSPS) is 14.1. The molecule has 4 aromatic carbocycles. The van der Waals surface area contributed by atoms with E-state index >= 15 is 0 Å². The first-order valence-corrected chi connectivity index (χ1v) is 21.6. The number of hydrogen-bond donors (Lipinski definition) is 0. The first-order chi connectivity index (χ1) is 21.8. The molecule has 0 amide bonds. The van der Waals surface area contributed by atoms with E-state index in [0.29, 0.717) is 33.8 Å². The Labute approximate surface area is 285 Å². The van der Waals surface area contributed by atoms with Gasteiger partial charge in [0.05, 0.1) is 6.61 Å². The summed E-state index contributed by atoms with van der Waals surface area (Å²) < 4.78 is 7.27. The predicted molar refractivity (Wildman–Crippen MR) is 211 cm³/mol. The molecule has 4 aromatic rings. The molecule has 0 fully saturated rings. The average Bonchev–Trinajstić information content (AvgIpc) is 2.94. The molecule has 0 radical (unpaired) electrons. The molecule has 8 rings (SSSR count). The van der Waals surface area contributed by atoms with Crippen LogP contribution in [-0.4, -0.2) is 8.32 Å². The van der Waals surface area contributed by atoms with Crippen molar-refractivity contribution in [2.45, 2.75) is 118 Å². The summed E-state index contributed by atoms with van der Waals surface area (Å²) in [6.07, 6.45) is 4.24. The molecule has 0 N–H and O–H groups in total. The van der Waals surface area contributed by atoms with Gasteiger partial charge in [-0.05, 0) is 119 Å². The van der Waals surface area contributed by atoms with Crippen molar-refractivity contribution in [3.63, 3.8) is 0 Å². The van der Waals surface area contributed by atoms with Crippen molar-refractivity contribution < 1.29 is 4.43 Å². The summed E-state index contributed by atoms with van der Waals surface area (Å²) >= 11 is 0. The summed E-state index contributed by atoms with van der Waals surface area (Å²) in [5, 5.41) is 5.95. The van der Waals surface area contributed by atoms with Crippen molar-refractivity contribution in [2.24, 2.45) is 0 Å². The van der Waals surface area contributed by atoms with Gasteiger partial charge in [-0.1, -0.05) is 148 Å². The second-order valence-electron chi connectivity index (χ2n) is 14.9. The molecule has 4 heteroatoms. The highest BCUT2D eigenvalue weighted by atomic mass is 31.1. The number of benzene rings is 4.